The average molecular weight is 258 g/mol. The Morgan fingerprint density at radius 1 is 1.21 bits per heavy atom. The van der Waals surface area contributed by atoms with Crippen LogP contribution in [-0.2, 0) is 6.54 Å². The molecule has 0 aliphatic carbocycles. The number of nitrogens with two attached hydrogens (primary N) is 1. The van der Waals surface area contributed by atoms with Crippen LogP contribution in [0.3, 0.4) is 0 Å². The van der Waals surface area contributed by atoms with E-state index in [0.717, 1.165) is 11.3 Å². The Bertz CT molecular complexity index is 551. The van der Waals surface area contributed by atoms with Crippen molar-refractivity contribution in [2.24, 2.45) is 5.84 Å². The first-order valence-corrected chi connectivity index (χ1v) is 5.67. The van der Waals surface area contributed by atoms with E-state index in [0.29, 0.717) is 12.4 Å². The molecular formula is C12H14N6O. The molecule has 0 aromatic carbocycles. The summed E-state index contributed by atoms with van der Waals surface area (Å²) in [6, 6.07) is 3.80. The van der Waals surface area contributed by atoms with E-state index in [1.54, 1.807) is 6.20 Å². The maximum atomic E-state index is 11.8. The quantitative estimate of drug-likeness (QED) is 0.541. The van der Waals surface area contributed by atoms with Gasteiger partial charge in [-0.15, -0.1) is 0 Å². The van der Waals surface area contributed by atoms with Crippen LogP contribution in [-0.4, -0.2) is 20.9 Å². The number of amides is 1. The summed E-state index contributed by atoms with van der Waals surface area (Å²) >= 11 is 0. The smallest absolute Gasteiger partial charge is 0.271 e. The minimum Gasteiger partial charge on any atom is -0.347 e. The number of pyridine rings is 1. The number of aromatic nitrogens is 3. The Hall–Kier alpha value is -2.54. The van der Waals surface area contributed by atoms with Crippen molar-refractivity contribution >= 4 is 11.7 Å². The lowest BCUT2D eigenvalue weighted by Gasteiger charge is -2.05. The van der Waals surface area contributed by atoms with Gasteiger partial charge in [0, 0.05) is 18.4 Å². The van der Waals surface area contributed by atoms with Crippen LogP contribution in [0.2, 0.25) is 0 Å². The van der Waals surface area contributed by atoms with Crippen molar-refractivity contribution in [3.63, 3.8) is 0 Å². The highest BCUT2D eigenvalue weighted by atomic mass is 16.1. The number of carbonyl (C=O) groups is 1. The van der Waals surface area contributed by atoms with Crippen LogP contribution in [0.4, 0.5) is 5.82 Å². The van der Waals surface area contributed by atoms with Crippen molar-refractivity contribution in [2.75, 3.05) is 5.43 Å². The third-order valence-corrected chi connectivity index (χ3v) is 2.46. The SMILES string of the molecule is Cc1ccc(CNC(=O)c2cnc(NN)cn2)cn1. The Morgan fingerprint density at radius 2 is 2.05 bits per heavy atom. The lowest BCUT2D eigenvalue weighted by atomic mass is 10.2. The maximum absolute atomic E-state index is 11.8. The zero-order valence-corrected chi connectivity index (χ0v) is 10.4. The molecule has 0 unspecified atom stereocenters. The van der Waals surface area contributed by atoms with Gasteiger partial charge in [-0.2, -0.15) is 0 Å². The number of aryl methyl sites for hydroxylation is 1. The van der Waals surface area contributed by atoms with Crippen LogP contribution in [0.1, 0.15) is 21.7 Å². The lowest BCUT2D eigenvalue weighted by Crippen LogP contribution is -2.24. The normalized spacial score (nSPS) is 10.0. The molecule has 0 aliphatic heterocycles. The highest BCUT2D eigenvalue weighted by Crippen LogP contribution is 2.01. The van der Waals surface area contributed by atoms with Gasteiger partial charge >= 0.3 is 0 Å². The van der Waals surface area contributed by atoms with Gasteiger partial charge < -0.3 is 10.7 Å². The Balaban J connectivity index is 1.95. The molecule has 0 bridgehead atoms. The molecule has 19 heavy (non-hydrogen) atoms. The number of anilines is 1. The van der Waals surface area contributed by atoms with Gasteiger partial charge in [-0.1, -0.05) is 6.07 Å². The number of nitrogens with one attached hydrogen (secondary N) is 2. The molecule has 2 aromatic heterocycles. The Labute approximate surface area is 110 Å². The molecule has 0 radical (unpaired) electrons. The van der Waals surface area contributed by atoms with Crippen molar-refractivity contribution in [1.82, 2.24) is 20.3 Å². The van der Waals surface area contributed by atoms with Gasteiger partial charge in [-0.05, 0) is 18.6 Å². The van der Waals surface area contributed by atoms with Crippen molar-refractivity contribution in [1.29, 1.82) is 0 Å². The third kappa shape index (κ3) is 3.46. The summed E-state index contributed by atoms with van der Waals surface area (Å²) in [6.45, 7) is 2.30. The summed E-state index contributed by atoms with van der Waals surface area (Å²) in [5.41, 5.74) is 4.44. The van der Waals surface area contributed by atoms with E-state index < -0.39 is 0 Å². The summed E-state index contributed by atoms with van der Waals surface area (Å²) in [7, 11) is 0. The Morgan fingerprint density at radius 3 is 2.63 bits per heavy atom. The molecule has 7 nitrogen and oxygen atoms in total. The van der Waals surface area contributed by atoms with Crippen molar-refractivity contribution < 1.29 is 4.79 Å². The number of nitrogen functional groups attached to an aromatic ring is 1. The minimum absolute atomic E-state index is 0.235. The molecule has 0 atom stereocenters. The van der Waals surface area contributed by atoms with Crippen molar-refractivity contribution in [3.05, 3.63) is 47.7 Å². The van der Waals surface area contributed by atoms with Gasteiger partial charge in [0.1, 0.15) is 5.69 Å². The van der Waals surface area contributed by atoms with Gasteiger partial charge in [0.2, 0.25) is 0 Å². The number of hydrazine groups is 1. The van der Waals surface area contributed by atoms with E-state index in [1.807, 2.05) is 19.1 Å². The van der Waals surface area contributed by atoms with Crippen molar-refractivity contribution in [2.45, 2.75) is 13.5 Å². The molecule has 0 saturated heterocycles. The highest BCUT2D eigenvalue weighted by Gasteiger charge is 2.07. The van der Waals surface area contributed by atoms with E-state index in [-0.39, 0.29) is 11.6 Å². The molecule has 7 heteroatoms. The largest absolute Gasteiger partial charge is 0.347 e. The summed E-state index contributed by atoms with van der Waals surface area (Å²) < 4.78 is 0. The van der Waals surface area contributed by atoms with E-state index in [2.05, 4.69) is 25.7 Å². The monoisotopic (exact) mass is 258 g/mol. The van der Waals surface area contributed by atoms with E-state index in [9.17, 15) is 4.79 Å². The minimum atomic E-state index is -0.295. The topological polar surface area (TPSA) is 106 Å². The molecule has 1 amide bonds. The van der Waals surface area contributed by atoms with Crippen LogP contribution in [0, 0.1) is 6.92 Å². The van der Waals surface area contributed by atoms with Crippen LogP contribution < -0.4 is 16.6 Å². The molecule has 0 aliphatic rings. The summed E-state index contributed by atoms with van der Waals surface area (Å²) in [5.74, 6) is 5.27. The fourth-order valence-electron chi connectivity index (χ4n) is 1.40. The highest BCUT2D eigenvalue weighted by molar-refractivity contribution is 5.91. The van der Waals surface area contributed by atoms with Crippen LogP contribution >= 0.6 is 0 Å². The lowest BCUT2D eigenvalue weighted by molar-refractivity contribution is 0.0945. The van der Waals surface area contributed by atoms with Crippen LogP contribution in [0.15, 0.2) is 30.7 Å². The number of carbonyl (C=O) groups excluding carboxylic acids is 1. The zero-order chi connectivity index (χ0) is 13.7. The summed E-state index contributed by atoms with van der Waals surface area (Å²) in [5, 5.41) is 2.74. The molecule has 2 heterocycles. The van der Waals surface area contributed by atoms with E-state index >= 15 is 0 Å². The molecule has 2 aromatic rings. The fraction of sp³-hybridized carbons (Fsp3) is 0.167. The molecule has 0 saturated carbocycles. The van der Waals surface area contributed by atoms with E-state index in [1.165, 1.54) is 12.4 Å². The van der Waals surface area contributed by atoms with Gasteiger partial charge in [-0.3, -0.25) is 9.78 Å². The second kappa shape index (κ2) is 5.87. The first kappa shape index (κ1) is 12.9. The summed E-state index contributed by atoms with van der Waals surface area (Å²) in [4.78, 5) is 23.8. The maximum Gasteiger partial charge on any atom is 0.271 e. The molecule has 98 valence electrons. The van der Waals surface area contributed by atoms with Gasteiger partial charge in [0.15, 0.2) is 5.82 Å². The third-order valence-electron chi connectivity index (χ3n) is 2.46. The van der Waals surface area contributed by atoms with Gasteiger partial charge in [-0.25, -0.2) is 15.8 Å². The van der Waals surface area contributed by atoms with E-state index in [4.69, 9.17) is 5.84 Å². The molecular weight excluding hydrogens is 244 g/mol. The number of rotatable bonds is 4. The summed E-state index contributed by atoms with van der Waals surface area (Å²) in [6.07, 6.45) is 4.48. The molecule has 0 fully saturated rings. The van der Waals surface area contributed by atoms with Crippen LogP contribution in [0.25, 0.3) is 0 Å². The second-order valence-corrected chi connectivity index (χ2v) is 3.92. The van der Waals surface area contributed by atoms with Gasteiger partial charge in [0.05, 0.1) is 12.4 Å². The van der Waals surface area contributed by atoms with Crippen molar-refractivity contribution in [3.8, 4) is 0 Å². The average Bonchev–Trinajstić information content (AvgIpc) is 2.46. The first-order chi connectivity index (χ1) is 9.19. The predicted octanol–water partition coefficient (Wildman–Crippen LogP) is 0.396. The molecule has 2 rings (SSSR count). The molecule has 4 N–H and O–H groups in total. The fourth-order valence-corrected chi connectivity index (χ4v) is 1.40. The number of nitrogens with zero attached hydrogens (tertiary/aromatic N) is 3. The standard InChI is InChI=1S/C12H14N6O/c1-8-2-3-9(4-14-8)5-17-12(19)10-6-16-11(18-13)7-15-10/h2-4,6-7H,5,13H2,1H3,(H,16,18)(H,17,19). The zero-order valence-electron chi connectivity index (χ0n) is 10.4. The number of hydrogen-bond donors (Lipinski definition) is 3. The van der Waals surface area contributed by atoms with Crippen LogP contribution in [0.5, 0.6) is 0 Å². The second-order valence-electron chi connectivity index (χ2n) is 3.92. The molecule has 0 spiro atoms. The Kier molecular flexibility index (Phi) is 3.99. The first-order valence-electron chi connectivity index (χ1n) is 5.67. The number of hydrogen-bond acceptors (Lipinski definition) is 6. The predicted molar refractivity (Wildman–Crippen MR) is 70.0 cm³/mol. The van der Waals surface area contributed by atoms with Gasteiger partial charge in [0.25, 0.3) is 5.91 Å².